The second-order valence-corrected chi connectivity index (χ2v) is 7.90. The highest BCUT2D eigenvalue weighted by molar-refractivity contribution is 7.89. The van der Waals surface area contributed by atoms with Crippen molar-refractivity contribution in [3.8, 4) is 29.1 Å². The van der Waals surface area contributed by atoms with E-state index in [2.05, 4.69) is 21.5 Å². The zero-order chi connectivity index (χ0) is 20.1. The van der Waals surface area contributed by atoms with Gasteiger partial charge in [-0.1, -0.05) is 17.9 Å². The molecule has 2 aromatic carbocycles. The Morgan fingerprint density at radius 3 is 2.79 bits per heavy atom. The van der Waals surface area contributed by atoms with Crippen LogP contribution in [0.25, 0.3) is 10.9 Å². The molecule has 0 saturated carbocycles. The summed E-state index contributed by atoms with van der Waals surface area (Å²) in [6.45, 7) is 0.955. The molecule has 0 radical (unpaired) electrons. The zero-order valence-corrected chi connectivity index (χ0v) is 16.2. The summed E-state index contributed by atoms with van der Waals surface area (Å²) < 4.78 is 43.6. The molecule has 8 heteroatoms. The molecule has 0 bridgehead atoms. The molecule has 29 heavy (non-hydrogen) atoms. The molecule has 3 aromatic rings. The first-order valence-electron chi connectivity index (χ1n) is 8.94. The van der Waals surface area contributed by atoms with Crippen LogP contribution in [0.2, 0.25) is 0 Å². The van der Waals surface area contributed by atoms with Gasteiger partial charge in [0.25, 0.3) is 0 Å². The Morgan fingerprint density at radius 1 is 1.03 bits per heavy atom. The number of aromatic nitrogens is 1. The molecule has 0 unspecified atom stereocenters. The minimum absolute atomic E-state index is 0.0284. The van der Waals surface area contributed by atoms with E-state index < -0.39 is 10.0 Å². The summed E-state index contributed by atoms with van der Waals surface area (Å²) in [5.41, 5.74) is 0.838. The van der Waals surface area contributed by atoms with Crippen molar-refractivity contribution in [3.63, 3.8) is 0 Å². The molecule has 0 fully saturated rings. The fourth-order valence-electron chi connectivity index (χ4n) is 2.77. The number of rotatable bonds is 5. The molecule has 7 nitrogen and oxygen atoms in total. The number of hydrogen-bond acceptors (Lipinski definition) is 6. The van der Waals surface area contributed by atoms with Gasteiger partial charge in [0, 0.05) is 23.7 Å². The van der Waals surface area contributed by atoms with E-state index >= 15 is 0 Å². The highest BCUT2D eigenvalue weighted by atomic mass is 32.2. The summed E-state index contributed by atoms with van der Waals surface area (Å²) in [5, 5.41) is 1.03. The topological polar surface area (TPSA) is 86.8 Å². The quantitative estimate of drug-likeness (QED) is 0.650. The maximum Gasteiger partial charge on any atom is 0.241 e. The van der Waals surface area contributed by atoms with E-state index in [4.69, 9.17) is 14.2 Å². The Morgan fingerprint density at radius 2 is 1.90 bits per heavy atom. The monoisotopic (exact) mass is 410 g/mol. The van der Waals surface area contributed by atoms with Crippen molar-refractivity contribution in [2.45, 2.75) is 4.90 Å². The fraction of sp³-hybridized carbons (Fsp3) is 0.190. The van der Waals surface area contributed by atoms with Crippen molar-refractivity contribution in [1.29, 1.82) is 0 Å². The lowest BCUT2D eigenvalue weighted by molar-refractivity contribution is 0.171. The lowest BCUT2D eigenvalue weighted by Gasteiger charge is -2.18. The second-order valence-electron chi connectivity index (χ2n) is 6.13. The number of pyridine rings is 1. The van der Waals surface area contributed by atoms with E-state index in [0.717, 1.165) is 10.9 Å². The van der Waals surface area contributed by atoms with E-state index in [0.29, 0.717) is 30.5 Å². The number of hydrogen-bond donors (Lipinski definition) is 1. The van der Waals surface area contributed by atoms with Crippen molar-refractivity contribution in [1.82, 2.24) is 9.71 Å². The Kier molecular flexibility index (Phi) is 5.51. The third-order valence-electron chi connectivity index (χ3n) is 4.19. The normalized spacial score (nSPS) is 12.8. The molecule has 1 aliphatic rings. The van der Waals surface area contributed by atoms with Crippen LogP contribution in [0.5, 0.6) is 17.2 Å². The SMILES string of the molecule is O=S(=O)(NCC#CCOc1ccc2cccnc2c1)c1ccc2c(c1)OCCO2. The van der Waals surface area contributed by atoms with Gasteiger partial charge in [0.15, 0.2) is 11.5 Å². The molecule has 0 saturated heterocycles. The van der Waals surface area contributed by atoms with E-state index in [1.54, 1.807) is 12.3 Å². The molecule has 1 N–H and O–H groups in total. The van der Waals surface area contributed by atoms with Gasteiger partial charge in [-0.25, -0.2) is 8.42 Å². The number of sulfonamides is 1. The summed E-state index contributed by atoms with van der Waals surface area (Å²) in [6.07, 6.45) is 1.72. The van der Waals surface area contributed by atoms with Crippen molar-refractivity contribution in [3.05, 3.63) is 54.7 Å². The molecule has 4 rings (SSSR count). The first-order valence-corrected chi connectivity index (χ1v) is 10.4. The lowest BCUT2D eigenvalue weighted by atomic mass is 10.2. The zero-order valence-electron chi connectivity index (χ0n) is 15.4. The number of nitrogens with one attached hydrogen (secondary N) is 1. The minimum atomic E-state index is -3.69. The number of benzene rings is 2. The van der Waals surface area contributed by atoms with Crippen LogP contribution in [0.1, 0.15) is 0 Å². The second kappa shape index (κ2) is 8.39. The predicted octanol–water partition coefficient (Wildman–Crippen LogP) is 2.37. The maximum atomic E-state index is 12.4. The Hall–Kier alpha value is -3.28. The third-order valence-corrected chi connectivity index (χ3v) is 5.59. The minimum Gasteiger partial charge on any atom is -0.486 e. The standard InChI is InChI=1S/C21H18N2O5S/c24-29(25,18-7-8-20-21(15-18)28-13-12-27-20)23-10-1-2-11-26-17-6-5-16-4-3-9-22-19(16)14-17/h3-9,14-15,23H,10-13H2. The average molecular weight is 410 g/mol. The van der Waals surface area contributed by atoms with Gasteiger partial charge in [-0.15, -0.1) is 0 Å². The first-order chi connectivity index (χ1) is 14.1. The van der Waals surface area contributed by atoms with Crippen molar-refractivity contribution in [2.75, 3.05) is 26.4 Å². The van der Waals surface area contributed by atoms with Gasteiger partial charge >= 0.3 is 0 Å². The van der Waals surface area contributed by atoms with Crippen LogP contribution in [0, 0.1) is 11.8 Å². The first kappa shape index (κ1) is 19.1. The van der Waals surface area contributed by atoms with E-state index in [1.807, 2.05) is 30.3 Å². The molecule has 0 spiro atoms. The summed E-state index contributed by atoms with van der Waals surface area (Å²) in [7, 11) is -3.69. The molecule has 0 amide bonds. The van der Waals surface area contributed by atoms with Crippen molar-refractivity contribution < 1.29 is 22.6 Å². The van der Waals surface area contributed by atoms with Gasteiger partial charge in [-0.3, -0.25) is 4.98 Å². The Bertz CT molecular complexity index is 1200. The van der Waals surface area contributed by atoms with Gasteiger partial charge < -0.3 is 14.2 Å². The van der Waals surface area contributed by atoms with Gasteiger partial charge in [0.05, 0.1) is 17.0 Å². The van der Waals surface area contributed by atoms with Crippen LogP contribution in [0.15, 0.2) is 59.6 Å². The molecule has 148 valence electrons. The molecule has 0 atom stereocenters. The van der Waals surface area contributed by atoms with E-state index in [-0.39, 0.29) is 18.0 Å². The number of fused-ring (bicyclic) bond motifs is 2. The summed E-state index contributed by atoms with van der Waals surface area (Å²) >= 11 is 0. The van der Waals surface area contributed by atoms with Crippen LogP contribution < -0.4 is 18.9 Å². The van der Waals surface area contributed by atoms with Gasteiger partial charge in [0.2, 0.25) is 10.0 Å². The fourth-order valence-corrected chi connectivity index (χ4v) is 3.71. The summed E-state index contributed by atoms with van der Waals surface area (Å²) in [6, 6.07) is 14.0. The smallest absolute Gasteiger partial charge is 0.241 e. The molecule has 1 aliphatic heterocycles. The van der Waals surface area contributed by atoms with Crippen LogP contribution in [-0.4, -0.2) is 39.8 Å². The number of nitrogens with zero attached hydrogens (tertiary/aromatic N) is 1. The molecular weight excluding hydrogens is 392 g/mol. The molecule has 2 heterocycles. The largest absolute Gasteiger partial charge is 0.486 e. The Balaban J connectivity index is 1.31. The highest BCUT2D eigenvalue weighted by Gasteiger charge is 2.18. The van der Waals surface area contributed by atoms with Crippen molar-refractivity contribution >= 4 is 20.9 Å². The third kappa shape index (κ3) is 4.59. The van der Waals surface area contributed by atoms with Crippen LogP contribution in [0.3, 0.4) is 0 Å². The maximum absolute atomic E-state index is 12.4. The van der Waals surface area contributed by atoms with Gasteiger partial charge in [-0.2, -0.15) is 4.72 Å². The lowest BCUT2D eigenvalue weighted by Crippen LogP contribution is -2.24. The molecule has 0 aliphatic carbocycles. The van der Waals surface area contributed by atoms with Crippen LogP contribution >= 0.6 is 0 Å². The summed E-state index contributed by atoms with van der Waals surface area (Å²) in [4.78, 5) is 4.37. The number of ether oxygens (including phenoxy) is 3. The highest BCUT2D eigenvalue weighted by Crippen LogP contribution is 2.32. The predicted molar refractivity (Wildman–Crippen MR) is 108 cm³/mol. The Labute approximate surface area is 168 Å². The summed E-state index contributed by atoms with van der Waals surface area (Å²) in [5.74, 6) is 7.15. The van der Waals surface area contributed by atoms with Gasteiger partial charge in [-0.05, 0) is 30.3 Å². The molecule has 1 aromatic heterocycles. The molecular formula is C21H18N2O5S. The van der Waals surface area contributed by atoms with Gasteiger partial charge in [0.1, 0.15) is 25.6 Å². The van der Waals surface area contributed by atoms with Crippen molar-refractivity contribution in [2.24, 2.45) is 0 Å². The van der Waals surface area contributed by atoms with E-state index in [1.165, 1.54) is 12.1 Å². The van der Waals surface area contributed by atoms with Crippen LogP contribution in [-0.2, 0) is 10.0 Å². The van der Waals surface area contributed by atoms with Crippen LogP contribution in [0.4, 0.5) is 0 Å². The average Bonchev–Trinajstić information content (AvgIpc) is 2.75. The van der Waals surface area contributed by atoms with E-state index in [9.17, 15) is 8.42 Å².